The number of nitrogens with zero attached hydrogens (tertiary/aromatic N) is 1. The van der Waals surface area contributed by atoms with Crippen molar-refractivity contribution in [1.29, 1.82) is 0 Å². The molecule has 2 aromatic carbocycles. The molecule has 0 spiro atoms. The van der Waals surface area contributed by atoms with Gasteiger partial charge in [-0.3, -0.25) is 9.69 Å². The van der Waals surface area contributed by atoms with Gasteiger partial charge in [0, 0.05) is 36.4 Å². The Bertz CT molecular complexity index is 818. The van der Waals surface area contributed by atoms with E-state index in [0.717, 1.165) is 23.4 Å². The fourth-order valence-corrected chi connectivity index (χ4v) is 2.98. The van der Waals surface area contributed by atoms with Crippen LogP contribution in [0, 0.1) is 5.92 Å². The third-order valence-corrected chi connectivity index (χ3v) is 4.66. The van der Waals surface area contributed by atoms with Crippen molar-refractivity contribution in [3.63, 3.8) is 0 Å². The molecule has 1 saturated heterocycles. The van der Waals surface area contributed by atoms with Crippen LogP contribution in [0.3, 0.4) is 0 Å². The van der Waals surface area contributed by atoms with Crippen LogP contribution in [0.25, 0.3) is 0 Å². The van der Waals surface area contributed by atoms with E-state index in [-0.39, 0.29) is 11.9 Å². The number of carbonyl (C=O) groups excluding carboxylic acids is 2. The molecule has 0 unspecified atom stereocenters. The second kappa shape index (κ2) is 9.26. The zero-order valence-electron chi connectivity index (χ0n) is 16.4. The normalized spacial score (nSPS) is 13.5. The summed E-state index contributed by atoms with van der Waals surface area (Å²) in [5.74, 6) is 1.23. The fourth-order valence-electron chi connectivity index (χ4n) is 2.98. The van der Waals surface area contributed by atoms with Crippen LogP contribution in [0.5, 0.6) is 5.75 Å². The van der Waals surface area contributed by atoms with E-state index in [1.54, 1.807) is 29.2 Å². The summed E-state index contributed by atoms with van der Waals surface area (Å²) in [6.07, 6.45) is 0.988. The Morgan fingerprint density at radius 3 is 2.61 bits per heavy atom. The van der Waals surface area contributed by atoms with E-state index in [4.69, 9.17) is 4.74 Å². The minimum absolute atomic E-state index is 0.105. The molecule has 2 N–H and O–H groups in total. The number of nitrogens with one attached hydrogen (secondary N) is 2. The number of ether oxygens (including phenoxy) is 1. The van der Waals surface area contributed by atoms with Crippen LogP contribution in [0.15, 0.2) is 48.5 Å². The van der Waals surface area contributed by atoms with Gasteiger partial charge in [-0.1, -0.05) is 32.0 Å². The molecule has 0 aromatic heterocycles. The van der Waals surface area contributed by atoms with Crippen molar-refractivity contribution in [2.45, 2.75) is 26.8 Å². The molecule has 0 radical (unpaired) electrons. The van der Waals surface area contributed by atoms with Gasteiger partial charge in [0.25, 0.3) is 5.91 Å². The van der Waals surface area contributed by atoms with Crippen LogP contribution in [0.2, 0.25) is 0 Å². The third-order valence-electron chi connectivity index (χ3n) is 4.66. The molecule has 28 heavy (non-hydrogen) atoms. The fraction of sp³-hybridized carbons (Fsp3) is 0.364. The SMILES string of the molecule is CC(C)CCOc1ccccc1CNC(=O)c1ccc(N2CCNC2=O)cc1. The molecule has 148 valence electrons. The van der Waals surface area contributed by atoms with Crippen LogP contribution >= 0.6 is 0 Å². The van der Waals surface area contributed by atoms with Gasteiger partial charge in [-0.05, 0) is 42.7 Å². The highest BCUT2D eigenvalue weighted by Crippen LogP contribution is 2.20. The van der Waals surface area contributed by atoms with E-state index in [1.165, 1.54) is 0 Å². The van der Waals surface area contributed by atoms with Crippen LogP contribution in [0.4, 0.5) is 10.5 Å². The van der Waals surface area contributed by atoms with Gasteiger partial charge in [0.15, 0.2) is 0 Å². The minimum Gasteiger partial charge on any atom is -0.493 e. The van der Waals surface area contributed by atoms with Gasteiger partial charge in [0.05, 0.1) is 6.61 Å². The predicted molar refractivity (Wildman–Crippen MR) is 110 cm³/mol. The Kier molecular flexibility index (Phi) is 6.53. The Balaban J connectivity index is 1.57. The number of hydrogen-bond donors (Lipinski definition) is 2. The molecule has 3 amide bonds. The summed E-state index contributed by atoms with van der Waals surface area (Å²) in [5, 5.41) is 5.71. The molecule has 1 heterocycles. The topological polar surface area (TPSA) is 70.7 Å². The zero-order valence-corrected chi connectivity index (χ0v) is 16.4. The number of carbonyl (C=O) groups is 2. The van der Waals surface area contributed by atoms with Gasteiger partial charge in [-0.2, -0.15) is 0 Å². The number of para-hydroxylation sites is 1. The van der Waals surface area contributed by atoms with Gasteiger partial charge in [-0.15, -0.1) is 0 Å². The molecule has 2 aromatic rings. The van der Waals surface area contributed by atoms with E-state index in [2.05, 4.69) is 24.5 Å². The number of anilines is 1. The van der Waals surface area contributed by atoms with Gasteiger partial charge < -0.3 is 15.4 Å². The van der Waals surface area contributed by atoms with Crippen molar-refractivity contribution < 1.29 is 14.3 Å². The molecular formula is C22H27N3O3. The molecule has 1 aliphatic rings. The Labute approximate surface area is 165 Å². The molecular weight excluding hydrogens is 354 g/mol. The molecule has 0 saturated carbocycles. The van der Waals surface area contributed by atoms with Gasteiger partial charge >= 0.3 is 6.03 Å². The highest BCUT2D eigenvalue weighted by atomic mass is 16.5. The number of urea groups is 1. The summed E-state index contributed by atoms with van der Waals surface area (Å²) in [6.45, 7) is 6.66. The largest absolute Gasteiger partial charge is 0.493 e. The average molecular weight is 381 g/mol. The summed E-state index contributed by atoms with van der Waals surface area (Å²) < 4.78 is 5.87. The lowest BCUT2D eigenvalue weighted by molar-refractivity contribution is 0.0950. The highest BCUT2D eigenvalue weighted by molar-refractivity contribution is 5.97. The maximum Gasteiger partial charge on any atom is 0.321 e. The first kappa shape index (κ1) is 19.7. The Morgan fingerprint density at radius 2 is 1.93 bits per heavy atom. The van der Waals surface area contributed by atoms with Crippen LogP contribution < -0.4 is 20.3 Å². The quantitative estimate of drug-likeness (QED) is 0.734. The van der Waals surface area contributed by atoms with Crippen molar-refractivity contribution >= 4 is 17.6 Å². The lowest BCUT2D eigenvalue weighted by atomic mass is 10.1. The maximum absolute atomic E-state index is 12.5. The first-order chi connectivity index (χ1) is 13.5. The van der Waals surface area contributed by atoms with Crippen molar-refractivity contribution in [3.05, 3.63) is 59.7 Å². The molecule has 1 fully saturated rings. The molecule has 0 atom stereocenters. The van der Waals surface area contributed by atoms with E-state index < -0.39 is 0 Å². The summed E-state index contributed by atoms with van der Waals surface area (Å²) in [6, 6.07) is 14.7. The van der Waals surface area contributed by atoms with Crippen molar-refractivity contribution in [2.24, 2.45) is 5.92 Å². The number of amides is 3. The van der Waals surface area contributed by atoms with Gasteiger partial charge in [0.1, 0.15) is 5.75 Å². The Hall–Kier alpha value is -3.02. The summed E-state index contributed by atoms with van der Waals surface area (Å²) >= 11 is 0. The molecule has 6 heteroatoms. The van der Waals surface area contributed by atoms with Gasteiger partial charge in [0.2, 0.25) is 0 Å². The second-order valence-corrected chi connectivity index (χ2v) is 7.25. The average Bonchev–Trinajstić information content (AvgIpc) is 3.13. The molecule has 6 nitrogen and oxygen atoms in total. The van der Waals surface area contributed by atoms with E-state index in [9.17, 15) is 9.59 Å². The highest BCUT2D eigenvalue weighted by Gasteiger charge is 2.21. The van der Waals surface area contributed by atoms with Gasteiger partial charge in [-0.25, -0.2) is 4.79 Å². The molecule has 0 aliphatic carbocycles. The molecule has 1 aliphatic heterocycles. The summed E-state index contributed by atoms with van der Waals surface area (Å²) in [7, 11) is 0. The van der Waals surface area contributed by atoms with Crippen LogP contribution in [-0.4, -0.2) is 31.6 Å². The first-order valence-corrected chi connectivity index (χ1v) is 9.69. The van der Waals surface area contributed by atoms with E-state index in [0.29, 0.717) is 37.7 Å². The van der Waals surface area contributed by atoms with Crippen molar-refractivity contribution in [1.82, 2.24) is 10.6 Å². The first-order valence-electron chi connectivity index (χ1n) is 9.69. The lowest BCUT2D eigenvalue weighted by Gasteiger charge is -2.15. The lowest BCUT2D eigenvalue weighted by Crippen LogP contribution is -2.28. The predicted octanol–water partition coefficient (Wildman–Crippen LogP) is 3.57. The third kappa shape index (κ3) is 5.03. The Morgan fingerprint density at radius 1 is 1.18 bits per heavy atom. The maximum atomic E-state index is 12.5. The number of benzene rings is 2. The summed E-state index contributed by atoms with van der Waals surface area (Å²) in [5.41, 5.74) is 2.29. The smallest absolute Gasteiger partial charge is 0.321 e. The zero-order chi connectivity index (χ0) is 19.9. The van der Waals surface area contributed by atoms with Crippen LogP contribution in [-0.2, 0) is 6.54 Å². The standard InChI is InChI=1S/C22H27N3O3/c1-16(2)11-14-28-20-6-4-3-5-18(20)15-24-21(26)17-7-9-19(10-8-17)25-13-12-23-22(25)27/h3-10,16H,11-15H2,1-2H3,(H,23,27)(H,24,26). The van der Waals surface area contributed by atoms with E-state index in [1.807, 2.05) is 24.3 Å². The second-order valence-electron chi connectivity index (χ2n) is 7.25. The number of rotatable bonds is 8. The van der Waals surface area contributed by atoms with Crippen LogP contribution in [0.1, 0.15) is 36.2 Å². The van der Waals surface area contributed by atoms with Crippen molar-refractivity contribution in [2.75, 3.05) is 24.6 Å². The molecule has 0 bridgehead atoms. The molecule has 3 rings (SSSR count). The monoisotopic (exact) mass is 381 g/mol. The minimum atomic E-state index is -0.158. The number of hydrogen-bond acceptors (Lipinski definition) is 3. The van der Waals surface area contributed by atoms with Crippen molar-refractivity contribution in [3.8, 4) is 5.75 Å². The van der Waals surface area contributed by atoms with E-state index >= 15 is 0 Å². The summed E-state index contributed by atoms with van der Waals surface area (Å²) in [4.78, 5) is 25.9.